The molecule has 1 aromatic heterocycles. The highest BCUT2D eigenvalue weighted by atomic mass is 32.1. The largest absolute Gasteiger partial charge is 0.320 e. The first-order valence-corrected chi connectivity index (χ1v) is 7.70. The minimum atomic E-state index is -0.583. The monoisotopic (exact) mass is 293 g/mol. The number of benzene rings is 1. The number of fused-ring (bicyclic) bond motifs is 1. The molecule has 3 rings (SSSR count). The fourth-order valence-corrected chi connectivity index (χ4v) is 4.00. The molecular formula is C16H17F2NS. The summed E-state index contributed by atoms with van der Waals surface area (Å²) in [5.74, 6) is -0.832. The first-order chi connectivity index (χ1) is 9.56. The predicted octanol–water partition coefficient (Wildman–Crippen LogP) is 4.26. The summed E-state index contributed by atoms with van der Waals surface area (Å²) < 4.78 is 27.7. The van der Waals surface area contributed by atoms with Crippen molar-refractivity contribution < 1.29 is 8.78 Å². The molecule has 0 bridgehead atoms. The third kappa shape index (κ3) is 2.38. The van der Waals surface area contributed by atoms with Crippen molar-refractivity contribution in [1.29, 1.82) is 0 Å². The Kier molecular flexibility index (Phi) is 3.61. The zero-order valence-electron chi connectivity index (χ0n) is 11.4. The van der Waals surface area contributed by atoms with E-state index in [1.54, 1.807) is 18.3 Å². The van der Waals surface area contributed by atoms with Gasteiger partial charge in [-0.1, -0.05) is 0 Å². The Morgan fingerprint density at radius 1 is 1.10 bits per heavy atom. The van der Waals surface area contributed by atoms with Crippen LogP contribution in [0.3, 0.4) is 0 Å². The molecule has 0 aliphatic heterocycles. The summed E-state index contributed by atoms with van der Waals surface area (Å²) in [5.41, 5.74) is 8.04. The predicted molar refractivity (Wildman–Crippen MR) is 78.1 cm³/mol. The standard InChI is InChI=1S/C16H17F2NS/c1-9-6-13(18)11(8-12(9)17)16(19)15-7-10-4-2-3-5-14(10)20-15/h6-8,16H,2-5,19H2,1H3. The smallest absolute Gasteiger partial charge is 0.128 e. The molecular weight excluding hydrogens is 276 g/mol. The molecule has 2 N–H and O–H groups in total. The normalized spacial score (nSPS) is 16.0. The summed E-state index contributed by atoms with van der Waals surface area (Å²) in [5, 5.41) is 0. The second-order valence-corrected chi connectivity index (χ2v) is 6.57. The molecule has 0 radical (unpaired) electrons. The van der Waals surface area contributed by atoms with Crippen LogP contribution in [0.2, 0.25) is 0 Å². The highest BCUT2D eigenvalue weighted by Crippen LogP contribution is 2.35. The van der Waals surface area contributed by atoms with Gasteiger partial charge in [0.15, 0.2) is 0 Å². The molecule has 2 aromatic rings. The van der Waals surface area contributed by atoms with Crippen LogP contribution in [0.25, 0.3) is 0 Å². The molecule has 4 heteroatoms. The summed E-state index contributed by atoms with van der Waals surface area (Å²) in [6.45, 7) is 1.55. The van der Waals surface area contributed by atoms with Crippen LogP contribution < -0.4 is 5.73 Å². The van der Waals surface area contributed by atoms with E-state index in [-0.39, 0.29) is 5.56 Å². The van der Waals surface area contributed by atoms with E-state index >= 15 is 0 Å². The average molecular weight is 293 g/mol. The maximum Gasteiger partial charge on any atom is 0.128 e. The summed E-state index contributed by atoms with van der Waals surface area (Å²) in [4.78, 5) is 2.29. The number of hydrogen-bond donors (Lipinski definition) is 1. The Morgan fingerprint density at radius 3 is 2.60 bits per heavy atom. The lowest BCUT2D eigenvalue weighted by Gasteiger charge is -2.12. The van der Waals surface area contributed by atoms with Gasteiger partial charge in [-0.2, -0.15) is 0 Å². The lowest BCUT2D eigenvalue weighted by atomic mass is 9.97. The van der Waals surface area contributed by atoms with E-state index < -0.39 is 17.7 Å². The van der Waals surface area contributed by atoms with E-state index in [4.69, 9.17) is 5.73 Å². The van der Waals surface area contributed by atoms with E-state index in [0.717, 1.165) is 17.7 Å². The highest BCUT2D eigenvalue weighted by Gasteiger charge is 2.21. The van der Waals surface area contributed by atoms with Crippen LogP contribution in [0.5, 0.6) is 0 Å². The van der Waals surface area contributed by atoms with Gasteiger partial charge in [0.2, 0.25) is 0 Å². The fourth-order valence-electron chi connectivity index (χ4n) is 2.72. The van der Waals surface area contributed by atoms with Gasteiger partial charge in [0.1, 0.15) is 11.6 Å². The lowest BCUT2D eigenvalue weighted by molar-refractivity contribution is 0.571. The minimum absolute atomic E-state index is 0.242. The number of halogens is 2. The van der Waals surface area contributed by atoms with Crippen molar-refractivity contribution >= 4 is 11.3 Å². The SMILES string of the molecule is Cc1cc(F)c(C(N)c2cc3c(s2)CCCC3)cc1F. The van der Waals surface area contributed by atoms with Crippen molar-refractivity contribution in [1.82, 2.24) is 0 Å². The van der Waals surface area contributed by atoms with Crippen molar-refractivity contribution in [3.8, 4) is 0 Å². The lowest BCUT2D eigenvalue weighted by Crippen LogP contribution is -2.13. The van der Waals surface area contributed by atoms with Gasteiger partial charge in [-0.3, -0.25) is 0 Å². The van der Waals surface area contributed by atoms with E-state index in [2.05, 4.69) is 6.07 Å². The first-order valence-electron chi connectivity index (χ1n) is 6.89. The third-order valence-corrected chi connectivity index (χ3v) is 5.26. The molecule has 0 saturated carbocycles. The van der Waals surface area contributed by atoms with Crippen LogP contribution in [-0.2, 0) is 12.8 Å². The molecule has 1 atom stereocenters. The summed E-state index contributed by atoms with van der Waals surface area (Å²) in [6.07, 6.45) is 4.56. The number of thiophene rings is 1. The summed E-state index contributed by atoms with van der Waals surface area (Å²) >= 11 is 1.64. The molecule has 0 amide bonds. The van der Waals surface area contributed by atoms with Crippen LogP contribution in [0.15, 0.2) is 18.2 Å². The molecule has 20 heavy (non-hydrogen) atoms. The zero-order chi connectivity index (χ0) is 14.3. The minimum Gasteiger partial charge on any atom is -0.320 e. The van der Waals surface area contributed by atoms with Crippen molar-refractivity contribution in [2.75, 3.05) is 0 Å². The Balaban J connectivity index is 1.98. The van der Waals surface area contributed by atoms with Crippen LogP contribution >= 0.6 is 11.3 Å². The van der Waals surface area contributed by atoms with Gasteiger partial charge in [0.25, 0.3) is 0 Å². The molecule has 1 aromatic carbocycles. The second-order valence-electron chi connectivity index (χ2n) is 5.40. The Bertz CT molecular complexity index is 625. The van der Waals surface area contributed by atoms with Crippen molar-refractivity contribution in [3.05, 3.63) is 56.3 Å². The van der Waals surface area contributed by atoms with Crippen LogP contribution in [0.4, 0.5) is 8.78 Å². The van der Waals surface area contributed by atoms with E-state index in [0.29, 0.717) is 5.56 Å². The number of nitrogens with two attached hydrogens (primary N) is 1. The topological polar surface area (TPSA) is 26.0 Å². The van der Waals surface area contributed by atoms with Crippen LogP contribution in [0, 0.1) is 18.6 Å². The van der Waals surface area contributed by atoms with Crippen LogP contribution in [0.1, 0.15) is 45.3 Å². The third-order valence-electron chi connectivity index (χ3n) is 3.94. The van der Waals surface area contributed by atoms with Crippen LogP contribution in [-0.4, -0.2) is 0 Å². The van der Waals surface area contributed by atoms with Gasteiger partial charge in [-0.15, -0.1) is 11.3 Å². The Hall–Kier alpha value is -1.26. The van der Waals surface area contributed by atoms with Gasteiger partial charge in [-0.05, 0) is 61.9 Å². The Labute approximate surface area is 121 Å². The molecule has 1 heterocycles. The fraction of sp³-hybridized carbons (Fsp3) is 0.375. The van der Waals surface area contributed by atoms with E-state index in [1.807, 2.05) is 0 Å². The van der Waals surface area contributed by atoms with Crippen molar-refractivity contribution in [2.24, 2.45) is 5.73 Å². The molecule has 1 unspecified atom stereocenters. The van der Waals surface area contributed by atoms with Gasteiger partial charge < -0.3 is 5.73 Å². The number of hydrogen-bond acceptors (Lipinski definition) is 2. The summed E-state index contributed by atoms with van der Waals surface area (Å²) in [7, 11) is 0. The van der Waals surface area contributed by atoms with Crippen molar-refractivity contribution in [3.63, 3.8) is 0 Å². The molecule has 1 aliphatic rings. The van der Waals surface area contributed by atoms with Gasteiger partial charge in [-0.25, -0.2) is 8.78 Å². The molecule has 0 fully saturated rings. The maximum absolute atomic E-state index is 14.0. The first kappa shape index (κ1) is 13.7. The Morgan fingerprint density at radius 2 is 1.85 bits per heavy atom. The molecule has 106 valence electrons. The van der Waals surface area contributed by atoms with E-state index in [9.17, 15) is 8.78 Å². The molecule has 0 spiro atoms. The highest BCUT2D eigenvalue weighted by molar-refractivity contribution is 7.12. The van der Waals surface area contributed by atoms with Gasteiger partial charge >= 0.3 is 0 Å². The average Bonchev–Trinajstić information content (AvgIpc) is 2.86. The maximum atomic E-state index is 14.0. The van der Waals surface area contributed by atoms with E-state index in [1.165, 1.54) is 35.4 Å². The zero-order valence-corrected chi connectivity index (χ0v) is 12.2. The molecule has 0 saturated heterocycles. The summed E-state index contributed by atoms with van der Waals surface area (Å²) in [6, 6.07) is 3.94. The number of aryl methyl sites for hydroxylation is 3. The second kappa shape index (κ2) is 5.26. The van der Waals surface area contributed by atoms with Gasteiger partial charge in [0, 0.05) is 15.3 Å². The quantitative estimate of drug-likeness (QED) is 0.879. The van der Waals surface area contributed by atoms with Crippen molar-refractivity contribution in [2.45, 2.75) is 38.6 Å². The van der Waals surface area contributed by atoms with Gasteiger partial charge in [0.05, 0.1) is 6.04 Å². The molecule has 1 nitrogen and oxygen atoms in total. The molecule has 1 aliphatic carbocycles. The number of rotatable bonds is 2.